The van der Waals surface area contributed by atoms with Gasteiger partial charge in [0.15, 0.2) is 8.07 Å². The van der Waals surface area contributed by atoms with Crippen LogP contribution in [0.1, 0.15) is 33.6 Å². The summed E-state index contributed by atoms with van der Waals surface area (Å²) in [6.07, 6.45) is 1.42. The van der Waals surface area contributed by atoms with Crippen LogP contribution in [0.4, 0.5) is 0 Å². The second-order valence-electron chi connectivity index (χ2n) is 9.95. The Morgan fingerprint density at radius 1 is 0.649 bits per heavy atom. The highest BCUT2D eigenvalue weighted by Gasteiger charge is 2.41. The van der Waals surface area contributed by atoms with Crippen molar-refractivity contribution in [2.24, 2.45) is 5.41 Å². The summed E-state index contributed by atoms with van der Waals surface area (Å²) >= 11 is 0. The Hall–Kier alpha value is -3.63. The van der Waals surface area contributed by atoms with E-state index in [0.29, 0.717) is 19.6 Å². The molecule has 0 heterocycles. The lowest BCUT2D eigenvalue weighted by atomic mass is 9.91. The van der Waals surface area contributed by atoms with Crippen LogP contribution in [0.25, 0.3) is 0 Å². The average Bonchev–Trinajstić information content (AvgIpc) is 2.95. The van der Waals surface area contributed by atoms with E-state index in [9.17, 15) is 4.79 Å². The van der Waals surface area contributed by atoms with Gasteiger partial charge < -0.3 is 9.47 Å². The SMILES string of the molecule is CCC(C)(C)C(=O)OCCCOc1ccc([Si](c2ccccc2)(c2ccccc2)c2ccccc2)cc1. The van der Waals surface area contributed by atoms with Crippen molar-refractivity contribution in [3.05, 3.63) is 115 Å². The summed E-state index contributed by atoms with van der Waals surface area (Å²) in [5, 5.41) is 5.34. The molecule has 0 saturated carbocycles. The Bertz CT molecular complexity index is 1160. The minimum atomic E-state index is -2.51. The van der Waals surface area contributed by atoms with Gasteiger partial charge in [0.25, 0.3) is 0 Å². The second-order valence-corrected chi connectivity index (χ2v) is 13.8. The lowest BCUT2D eigenvalue weighted by molar-refractivity contribution is -0.154. The van der Waals surface area contributed by atoms with Gasteiger partial charge in [-0.3, -0.25) is 4.79 Å². The zero-order valence-electron chi connectivity index (χ0n) is 22.0. The van der Waals surface area contributed by atoms with Crippen molar-refractivity contribution in [2.75, 3.05) is 13.2 Å². The summed E-state index contributed by atoms with van der Waals surface area (Å²) < 4.78 is 11.4. The van der Waals surface area contributed by atoms with E-state index in [1.807, 2.05) is 20.8 Å². The molecule has 0 bridgehead atoms. The van der Waals surface area contributed by atoms with Crippen molar-refractivity contribution in [3.8, 4) is 5.75 Å². The molecule has 0 amide bonds. The van der Waals surface area contributed by atoms with Crippen molar-refractivity contribution >= 4 is 34.8 Å². The monoisotopic (exact) mass is 508 g/mol. The van der Waals surface area contributed by atoms with Crippen molar-refractivity contribution in [1.29, 1.82) is 0 Å². The molecular weight excluding hydrogens is 472 g/mol. The molecule has 0 aromatic heterocycles. The van der Waals surface area contributed by atoms with Gasteiger partial charge >= 0.3 is 5.97 Å². The van der Waals surface area contributed by atoms with Gasteiger partial charge in [-0.2, -0.15) is 0 Å². The molecule has 4 rings (SSSR count). The Morgan fingerprint density at radius 2 is 1.08 bits per heavy atom. The zero-order valence-corrected chi connectivity index (χ0v) is 23.0. The van der Waals surface area contributed by atoms with Gasteiger partial charge in [-0.25, -0.2) is 0 Å². The summed E-state index contributed by atoms with van der Waals surface area (Å²) in [6.45, 7) is 6.69. The molecule has 0 fully saturated rings. The Kier molecular flexibility index (Phi) is 8.62. The molecule has 3 nitrogen and oxygen atoms in total. The van der Waals surface area contributed by atoms with Crippen molar-refractivity contribution in [3.63, 3.8) is 0 Å². The predicted octanol–water partition coefficient (Wildman–Crippen LogP) is 4.81. The van der Waals surface area contributed by atoms with Gasteiger partial charge in [-0.1, -0.05) is 110 Å². The molecule has 4 heteroatoms. The van der Waals surface area contributed by atoms with Gasteiger partial charge in [0, 0.05) is 6.42 Å². The van der Waals surface area contributed by atoms with Crippen LogP contribution in [0, 0.1) is 5.41 Å². The quantitative estimate of drug-likeness (QED) is 0.126. The number of carbonyl (C=O) groups excluding carboxylic acids is 1. The third-order valence-corrected chi connectivity index (χ3v) is 11.9. The van der Waals surface area contributed by atoms with Crippen molar-refractivity contribution in [1.82, 2.24) is 0 Å². The van der Waals surface area contributed by atoms with Crippen LogP contribution >= 0.6 is 0 Å². The number of hydrogen-bond acceptors (Lipinski definition) is 3. The smallest absolute Gasteiger partial charge is 0.311 e. The Balaban J connectivity index is 1.58. The molecule has 4 aromatic rings. The molecule has 190 valence electrons. The Labute approximate surface area is 222 Å². The van der Waals surface area contributed by atoms with E-state index in [1.54, 1.807) is 0 Å². The molecule has 0 saturated heterocycles. The number of rotatable bonds is 11. The van der Waals surface area contributed by atoms with Crippen LogP contribution in [0.2, 0.25) is 0 Å². The van der Waals surface area contributed by atoms with Crippen LogP contribution in [-0.2, 0) is 9.53 Å². The highest BCUT2D eigenvalue weighted by Crippen LogP contribution is 2.21. The van der Waals surface area contributed by atoms with E-state index in [-0.39, 0.29) is 5.97 Å². The predicted molar refractivity (Wildman–Crippen MR) is 155 cm³/mol. The fourth-order valence-corrected chi connectivity index (χ4v) is 9.36. The van der Waals surface area contributed by atoms with Gasteiger partial charge in [-0.15, -0.1) is 0 Å². The van der Waals surface area contributed by atoms with Gasteiger partial charge in [-0.05, 0) is 53.1 Å². The molecular formula is C33H36O3Si. The molecule has 0 aliphatic heterocycles. The summed E-state index contributed by atoms with van der Waals surface area (Å²) in [5.41, 5.74) is -0.441. The first kappa shape index (κ1) is 26.4. The van der Waals surface area contributed by atoms with Gasteiger partial charge in [0.05, 0.1) is 18.6 Å². The molecule has 4 aromatic carbocycles. The maximum absolute atomic E-state index is 12.2. The minimum Gasteiger partial charge on any atom is -0.493 e. The molecule has 0 atom stereocenters. The molecule has 37 heavy (non-hydrogen) atoms. The number of esters is 1. The van der Waals surface area contributed by atoms with Gasteiger partial charge in [0.1, 0.15) is 5.75 Å². The van der Waals surface area contributed by atoms with Crippen LogP contribution in [-0.4, -0.2) is 27.3 Å². The van der Waals surface area contributed by atoms with Crippen molar-refractivity contribution in [2.45, 2.75) is 33.6 Å². The summed E-state index contributed by atoms with van der Waals surface area (Å²) in [5.74, 6) is 0.671. The summed E-state index contributed by atoms with van der Waals surface area (Å²) in [6, 6.07) is 41.2. The Morgan fingerprint density at radius 3 is 1.51 bits per heavy atom. The summed E-state index contributed by atoms with van der Waals surface area (Å²) in [7, 11) is -2.51. The van der Waals surface area contributed by atoms with E-state index in [4.69, 9.17) is 9.47 Å². The van der Waals surface area contributed by atoms with E-state index in [2.05, 4.69) is 115 Å². The number of ether oxygens (including phenoxy) is 2. The molecule has 0 aliphatic carbocycles. The van der Waals surface area contributed by atoms with Crippen molar-refractivity contribution < 1.29 is 14.3 Å². The lowest BCUT2D eigenvalue weighted by Gasteiger charge is -2.34. The van der Waals surface area contributed by atoms with E-state index >= 15 is 0 Å². The number of hydrogen-bond donors (Lipinski definition) is 0. The summed E-state index contributed by atoms with van der Waals surface area (Å²) in [4.78, 5) is 12.2. The second kappa shape index (κ2) is 12.1. The largest absolute Gasteiger partial charge is 0.493 e. The third kappa shape index (κ3) is 5.86. The van der Waals surface area contributed by atoms with E-state index < -0.39 is 13.5 Å². The zero-order chi connectivity index (χ0) is 26.1. The molecule has 0 aliphatic rings. The highest BCUT2D eigenvalue weighted by atomic mass is 28.3. The van der Waals surface area contributed by atoms with E-state index in [0.717, 1.165) is 12.2 Å². The number of carbonyl (C=O) groups is 1. The number of benzene rings is 4. The first-order valence-corrected chi connectivity index (χ1v) is 15.1. The highest BCUT2D eigenvalue weighted by molar-refractivity contribution is 7.19. The molecule has 0 spiro atoms. The van der Waals surface area contributed by atoms with Crippen LogP contribution in [0.15, 0.2) is 115 Å². The van der Waals surface area contributed by atoms with Crippen LogP contribution in [0.5, 0.6) is 5.75 Å². The van der Waals surface area contributed by atoms with Crippen LogP contribution in [0.3, 0.4) is 0 Å². The molecule has 0 N–H and O–H groups in total. The maximum Gasteiger partial charge on any atom is 0.311 e. The first-order chi connectivity index (χ1) is 18.0. The third-order valence-electron chi connectivity index (χ3n) is 7.13. The maximum atomic E-state index is 12.2. The molecule has 0 radical (unpaired) electrons. The first-order valence-electron chi connectivity index (χ1n) is 13.1. The van der Waals surface area contributed by atoms with E-state index in [1.165, 1.54) is 20.7 Å². The topological polar surface area (TPSA) is 35.5 Å². The fourth-order valence-electron chi connectivity index (χ4n) is 4.62. The van der Waals surface area contributed by atoms with Gasteiger partial charge in [0.2, 0.25) is 0 Å². The fraction of sp³-hybridized carbons (Fsp3) is 0.242. The minimum absolute atomic E-state index is 0.150. The standard InChI is InChI=1S/C33H36O3Si/c1-4-33(2,3)32(34)36-26-14-25-35-27-21-23-31(24-22-27)37(28-15-8-5-9-16-28,29-17-10-6-11-18-29)30-19-12-7-13-20-30/h5-13,15-24H,4,14,25-26H2,1-3H3. The normalized spacial score (nSPS) is 11.6. The molecule has 0 unspecified atom stereocenters. The lowest BCUT2D eigenvalue weighted by Crippen LogP contribution is -2.74. The average molecular weight is 509 g/mol. The van der Waals surface area contributed by atoms with Crippen LogP contribution < -0.4 is 25.5 Å².